The fraction of sp³-hybridized carbons (Fsp3) is 0.333. The molecule has 2 aromatic carbocycles. The van der Waals surface area contributed by atoms with E-state index in [0.717, 1.165) is 24.9 Å². The van der Waals surface area contributed by atoms with Crippen molar-refractivity contribution in [2.24, 2.45) is 0 Å². The van der Waals surface area contributed by atoms with Crippen LogP contribution in [0.5, 0.6) is 5.75 Å². The first-order chi connectivity index (χ1) is 12.7. The monoisotopic (exact) mass is 350 g/mol. The lowest BCUT2D eigenvalue weighted by molar-refractivity contribution is -0.133. The molecule has 2 aromatic rings. The molecular formula is C21H22N2O3. The van der Waals surface area contributed by atoms with Crippen molar-refractivity contribution < 1.29 is 14.3 Å². The van der Waals surface area contributed by atoms with Gasteiger partial charge in [0.15, 0.2) is 0 Å². The minimum absolute atomic E-state index is 0.0892. The maximum Gasteiger partial charge on any atom is 0.255 e. The van der Waals surface area contributed by atoms with E-state index in [1.54, 1.807) is 6.07 Å². The Morgan fingerprint density at radius 2 is 1.88 bits per heavy atom. The second-order valence-electron chi connectivity index (χ2n) is 7.10. The zero-order chi connectivity index (χ0) is 18.0. The van der Waals surface area contributed by atoms with Gasteiger partial charge in [-0.15, -0.1) is 0 Å². The predicted molar refractivity (Wildman–Crippen MR) is 98.1 cm³/mol. The number of fused-ring (bicyclic) bond motifs is 1. The van der Waals surface area contributed by atoms with Gasteiger partial charge in [-0.3, -0.25) is 9.59 Å². The van der Waals surface area contributed by atoms with Crippen LogP contribution in [-0.4, -0.2) is 41.9 Å². The fourth-order valence-electron chi connectivity index (χ4n) is 3.79. The summed E-state index contributed by atoms with van der Waals surface area (Å²) in [7, 11) is 0. The summed E-state index contributed by atoms with van der Waals surface area (Å²) >= 11 is 0. The van der Waals surface area contributed by atoms with Crippen LogP contribution in [0.25, 0.3) is 0 Å². The van der Waals surface area contributed by atoms with Crippen molar-refractivity contribution >= 4 is 11.8 Å². The predicted octanol–water partition coefficient (Wildman–Crippen LogP) is 2.41. The largest absolute Gasteiger partial charge is 0.490 e. The summed E-state index contributed by atoms with van der Waals surface area (Å²) in [5.41, 5.74) is 1.03. The lowest BCUT2D eigenvalue weighted by Gasteiger charge is -2.42. The van der Waals surface area contributed by atoms with Gasteiger partial charge in [-0.1, -0.05) is 42.5 Å². The minimum atomic E-state index is -0.527. The van der Waals surface area contributed by atoms with Crippen molar-refractivity contribution in [3.63, 3.8) is 0 Å². The topological polar surface area (TPSA) is 58.6 Å². The van der Waals surface area contributed by atoms with Crippen LogP contribution < -0.4 is 10.1 Å². The molecule has 2 aliphatic heterocycles. The van der Waals surface area contributed by atoms with Crippen molar-refractivity contribution in [2.75, 3.05) is 19.7 Å². The normalized spacial score (nSPS) is 22.2. The fourth-order valence-corrected chi connectivity index (χ4v) is 3.79. The van der Waals surface area contributed by atoms with Crippen molar-refractivity contribution in [3.8, 4) is 5.75 Å². The van der Waals surface area contributed by atoms with Crippen LogP contribution in [0.1, 0.15) is 28.8 Å². The number of ether oxygens (including phenoxy) is 1. The molecule has 2 heterocycles. The molecule has 5 heteroatoms. The average Bonchev–Trinajstić information content (AvgIpc) is 2.80. The molecule has 0 saturated carbocycles. The molecule has 2 aliphatic rings. The van der Waals surface area contributed by atoms with Crippen LogP contribution >= 0.6 is 0 Å². The van der Waals surface area contributed by atoms with Gasteiger partial charge < -0.3 is 15.0 Å². The van der Waals surface area contributed by atoms with Crippen LogP contribution in [0.2, 0.25) is 0 Å². The Morgan fingerprint density at radius 3 is 2.73 bits per heavy atom. The smallest absolute Gasteiger partial charge is 0.255 e. The third-order valence-corrected chi connectivity index (χ3v) is 5.14. The number of benzene rings is 2. The van der Waals surface area contributed by atoms with Crippen LogP contribution in [0.15, 0.2) is 54.6 Å². The summed E-state index contributed by atoms with van der Waals surface area (Å²) in [6, 6.07) is 17.0. The van der Waals surface area contributed by atoms with Gasteiger partial charge >= 0.3 is 0 Å². The Kier molecular flexibility index (Phi) is 4.37. The molecule has 1 fully saturated rings. The van der Waals surface area contributed by atoms with E-state index in [-0.39, 0.29) is 11.8 Å². The molecular weight excluding hydrogens is 328 g/mol. The van der Waals surface area contributed by atoms with Gasteiger partial charge in [-0.05, 0) is 30.5 Å². The molecule has 4 rings (SSSR count). The van der Waals surface area contributed by atoms with E-state index in [9.17, 15) is 9.59 Å². The van der Waals surface area contributed by atoms with Crippen LogP contribution in [-0.2, 0) is 11.2 Å². The zero-order valence-electron chi connectivity index (χ0n) is 14.6. The summed E-state index contributed by atoms with van der Waals surface area (Å²) in [6.07, 6.45) is 2.04. The Labute approximate surface area is 153 Å². The number of piperidine rings is 1. The first-order valence-electron chi connectivity index (χ1n) is 9.01. The number of carbonyl (C=O) groups is 2. The molecule has 0 radical (unpaired) electrons. The number of likely N-dealkylation sites (tertiary alicyclic amines) is 1. The second-order valence-corrected chi connectivity index (χ2v) is 7.10. The quantitative estimate of drug-likeness (QED) is 0.905. The van der Waals surface area contributed by atoms with Gasteiger partial charge in [0.25, 0.3) is 5.91 Å². The van der Waals surface area contributed by atoms with Crippen molar-refractivity contribution in [1.29, 1.82) is 0 Å². The van der Waals surface area contributed by atoms with E-state index in [1.165, 1.54) is 0 Å². The summed E-state index contributed by atoms with van der Waals surface area (Å²) in [4.78, 5) is 27.3. The van der Waals surface area contributed by atoms with E-state index < -0.39 is 5.54 Å². The van der Waals surface area contributed by atoms with Gasteiger partial charge in [-0.25, -0.2) is 0 Å². The standard InChI is InChI=1S/C21H22N2O3/c24-19(13-16-7-2-1-3-8-16)23-12-6-11-21(14-23)15-26-18-10-5-4-9-17(18)20(25)22-21/h1-5,7-10H,6,11-15H2,(H,22,25). The van der Waals surface area contributed by atoms with Crippen molar-refractivity contribution in [2.45, 2.75) is 24.8 Å². The van der Waals surface area contributed by atoms with Gasteiger partial charge in [0.05, 0.1) is 17.5 Å². The van der Waals surface area contributed by atoms with Crippen LogP contribution in [0.3, 0.4) is 0 Å². The highest BCUT2D eigenvalue weighted by atomic mass is 16.5. The molecule has 0 aliphatic carbocycles. The minimum Gasteiger partial charge on any atom is -0.490 e. The van der Waals surface area contributed by atoms with Gasteiger partial charge in [0.1, 0.15) is 12.4 Å². The summed E-state index contributed by atoms with van der Waals surface area (Å²) < 4.78 is 5.94. The third-order valence-electron chi connectivity index (χ3n) is 5.14. The maximum absolute atomic E-state index is 12.8. The number of hydrogen-bond acceptors (Lipinski definition) is 3. The first kappa shape index (κ1) is 16.6. The van der Waals surface area contributed by atoms with E-state index in [4.69, 9.17) is 4.74 Å². The lowest BCUT2D eigenvalue weighted by atomic mass is 9.89. The maximum atomic E-state index is 12.8. The molecule has 2 amide bonds. The van der Waals surface area contributed by atoms with Gasteiger partial charge in [0, 0.05) is 13.1 Å². The number of hydrogen-bond donors (Lipinski definition) is 1. The number of para-hydroxylation sites is 1. The van der Waals surface area contributed by atoms with E-state index in [0.29, 0.717) is 30.9 Å². The highest BCUT2D eigenvalue weighted by Crippen LogP contribution is 2.29. The Hall–Kier alpha value is -2.82. The number of nitrogens with one attached hydrogen (secondary N) is 1. The number of nitrogens with zero attached hydrogens (tertiary/aromatic N) is 1. The zero-order valence-corrected chi connectivity index (χ0v) is 14.6. The second kappa shape index (κ2) is 6.83. The number of rotatable bonds is 2. The average molecular weight is 350 g/mol. The molecule has 1 spiro atoms. The van der Waals surface area contributed by atoms with Crippen LogP contribution in [0.4, 0.5) is 0 Å². The SMILES string of the molecule is O=C1NC2(CCCN(C(=O)Cc3ccccc3)C2)COc2ccccc21. The van der Waals surface area contributed by atoms with E-state index >= 15 is 0 Å². The van der Waals surface area contributed by atoms with Crippen molar-refractivity contribution in [3.05, 3.63) is 65.7 Å². The highest BCUT2D eigenvalue weighted by molar-refractivity contribution is 5.97. The summed E-state index contributed by atoms with van der Waals surface area (Å²) in [6.45, 7) is 1.58. The summed E-state index contributed by atoms with van der Waals surface area (Å²) in [5, 5.41) is 3.14. The molecule has 1 saturated heterocycles. The van der Waals surface area contributed by atoms with E-state index in [2.05, 4.69) is 5.32 Å². The lowest BCUT2D eigenvalue weighted by Crippen LogP contribution is -2.62. The molecule has 134 valence electrons. The number of amides is 2. The Morgan fingerprint density at radius 1 is 1.12 bits per heavy atom. The molecule has 1 atom stereocenters. The van der Waals surface area contributed by atoms with Crippen molar-refractivity contribution in [1.82, 2.24) is 10.2 Å². The molecule has 1 N–H and O–H groups in total. The van der Waals surface area contributed by atoms with Crippen LogP contribution in [0, 0.1) is 0 Å². The molecule has 1 unspecified atom stereocenters. The number of carbonyl (C=O) groups excluding carboxylic acids is 2. The Balaban J connectivity index is 1.49. The summed E-state index contributed by atoms with van der Waals surface area (Å²) in [5.74, 6) is 0.566. The third kappa shape index (κ3) is 3.29. The first-order valence-corrected chi connectivity index (χ1v) is 9.01. The Bertz CT molecular complexity index is 821. The van der Waals surface area contributed by atoms with E-state index in [1.807, 2.05) is 53.4 Å². The molecule has 5 nitrogen and oxygen atoms in total. The molecule has 0 aromatic heterocycles. The molecule has 26 heavy (non-hydrogen) atoms. The highest BCUT2D eigenvalue weighted by Gasteiger charge is 2.41. The van der Waals surface area contributed by atoms with Gasteiger partial charge in [0.2, 0.25) is 5.91 Å². The molecule has 0 bridgehead atoms. The van der Waals surface area contributed by atoms with Gasteiger partial charge in [-0.2, -0.15) is 0 Å².